The summed E-state index contributed by atoms with van der Waals surface area (Å²) in [6, 6.07) is 0. The molecule has 0 aliphatic rings. The summed E-state index contributed by atoms with van der Waals surface area (Å²) < 4.78 is 68.5. The molecule has 19 heteroatoms. The Bertz CT molecular complexity index is 2360. The molecule has 0 radical (unpaired) electrons. The van der Waals surface area contributed by atoms with Gasteiger partial charge in [-0.2, -0.15) is 0 Å². The highest BCUT2D eigenvalue weighted by atomic mass is 31.2. The number of unbranched alkanes of at least 4 members (excludes halogenated alkanes) is 31. The number of carbonyl (C=O) groups is 4. The second kappa shape index (κ2) is 75.0. The fourth-order valence-corrected chi connectivity index (χ4v) is 12.1. The highest BCUT2D eigenvalue weighted by molar-refractivity contribution is 7.47. The monoisotopic (exact) mass is 1470 g/mol. The summed E-state index contributed by atoms with van der Waals surface area (Å²) in [5.41, 5.74) is 0. The zero-order chi connectivity index (χ0) is 74.6. The molecule has 0 heterocycles. The Morgan fingerprint density at radius 1 is 0.275 bits per heavy atom. The number of aliphatic hydroxyl groups is 1. The SMILES string of the molecule is CCCCCC=CCC=CCCCCCCCC(=O)OCC(COP(=O)(O)OCC(O)COP(=O)(O)OCC(COC(=O)CCCC=CCC=CCC=CCCCCCCCC)OC(=O)CCCCCCCC=CCC=CCCCCC)OC(=O)CCCCCCCC=CCC=CCCCCC. The van der Waals surface area contributed by atoms with E-state index in [1.807, 2.05) is 12.2 Å². The molecule has 5 atom stereocenters. The molecule has 0 aromatic heterocycles. The summed E-state index contributed by atoms with van der Waals surface area (Å²) in [7, 11) is -9.98. The lowest BCUT2D eigenvalue weighted by Crippen LogP contribution is -2.30. The number of phosphoric acid groups is 2. The largest absolute Gasteiger partial charge is 0.472 e. The van der Waals surface area contributed by atoms with Crippen molar-refractivity contribution in [3.05, 3.63) is 109 Å². The van der Waals surface area contributed by atoms with Crippen LogP contribution in [-0.2, 0) is 65.4 Å². The third-order valence-electron chi connectivity index (χ3n) is 16.7. The van der Waals surface area contributed by atoms with Gasteiger partial charge in [-0.1, -0.05) is 265 Å². The van der Waals surface area contributed by atoms with Crippen LogP contribution in [0.2, 0.25) is 0 Å². The van der Waals surface area contributed by atoms with Crippen LogP contribution in [0.3, 0.4) is 0 Å². The zero-order valence-corrected chi connectivity index (χ0v) is 66.0. The van der Waals surface area contributed by atoms with Crippen molar-refractivity contribution in [2.75, 3.05) is 39.6 Å². The molecule has 0 amide bonds. The van der Waals surface area contributed by atoms with Crippen LogP contribution in [0.5, 0.6) is 0 Å². The Morgan fingerprint density at radius 3 is 0.794 bits per heavy atom. The van der Waals surface area contributed by atoms with Crippen LogP contribution >= 0.6 is 15.6 Å². The van der Waals surface area contributed by atoms with Crippen LogP contribution in [0.1, 0.15) is 336 Å². The lowest BCUT2D eigenvalue weighted by Gasteiger charge is -2.21. The van der Waals surface area contributed by atoms with Crippen molar-refractivity contribution in [2.45, 2.75) is 354 Å². The van der Waals surface area contributed by atoms with Crippen molar-refractivity contribution < 1.29 is 80.2 Å². The van der Waals surface area contributed by atoms with Crippen molar-refractivity contribution in [1.29, 1.82) is 0 Å². The molecule has 0 fully saturated rings. The minimum absolute atomic E-state index is 0.0672. The first-order chi connectivity index (χ1) is 49.7. The number of hydrogen-bond acceptors (Lipinski definition) is 15. The van der Waals surface area contributed by atoms with Gasteiger partial charge in [0.05, 0.1) is 26.4 Å². The molecule has 3 N–H and O–H groups in total. The molecule has 0 aromatic rings. The Balaban J connectivity index is 5.43. The smallest absolute Gasteiger partial charge is 0.462 e. The van der Waals surface area contributed by atoms with E-state index >= 15 is 0 Å². The van der Waals surface area contributed by atoms with Crippen molar-refractivity contribution in [1.82, 2.24) is 0 Å². The van der Waals surface area contributed by atoms with E-state index in [4.69, 9.17) is 37.0 Å². The minimum atomic E-state index is -4.99. The summed E-state index contributed by atoms with van der Waals surface area (Å²) in [5.74, 6) is -2.27. The van der Waals surface area contributed by atoms with E-state index in [0.29, 0.717) is 32.1 Å². The van der Waals surface area contributed by atoms with E-state index in [0.717, 1.165) is 154 Å². The topological polar surface area (TPSA) is 237 Å². The third kappa shape index (κ3) is 74.0. The van der Waals surface area contributed by atoms with Gasteiger partial charge in [0.1, 0.15) is 19.3 Å². The standard InChI is InChI=1S/C83H144O17P2/c1-5-9-13-17-21-25-29-33-37-38-42-44-48-52-56-60-64-68-81(86)94-74-79(100-83(88)70-66-62-58-54-50-46-41-36-32-28-24-20-16-12-8-4)76-98-102(91,92)96-72-77(84)71-95-101(89,90)97-75-78(99-82(87)69-65-61-57-53-49-45-40-35-31-27-23-19-15-11-7-3)73-93-80(85)67-63-59-55-51-47-43-39-34-30-26-22-18-14-10-6-2/h22-24,26-28,33-37,39-42,44,52,56,77-79,84H,5-21,25,29-32,38,43,45-51,53-55,57-76H2,1-4H3,(H,89,90)(H,91,92). The summed E-state index contributed by atoms with van der Waals surface area (Å²) in [4.78, 5) is 73.0. The minimum Gasteiger partial charge on any atom is -0.462 e. The lowest BCUT2D eigenvalue weighted by atomic mass is 10.1. The first-order valence-corrected chi connectivity index (χ1v) is 43.1. The Morgan fingerprint density at radius 2 is 0.490 bits per heavy atom. The number of esters is 4. The van der Waals surface area contributed by atoms with Gasteiger partial charge in [0.2, 0.25) is 0 Å². The molecule has 17 nitrogen and oxygen atoms in total. The van der Waals surface area contributed by atoms with Gasteiger partial charge in [-0.05, 0) is 154 Å². The van der Waals surface area contributed by atoms with Gasteiger partial charge in [0.15, 0.2) is 12.2 Å². The Labute approximate surface area is 619 Å². The fourth-order valence-electron chi connectivity index (χ4n) is 10.5. The maximum atomic E-state index is 13.1. The van der Waals surface area contributed by atoms with Gasteiger partial charge in [0, 0.05) is 25.7 Å². The van der Waals surface area contributed by atoms with Gasteiger partial charge in [-0.3, -0.25) is 37.3 Å². The van der Waals surface area contributed by atoms with Crippen LogP contribution in [0.25, 0.3) is 0 Å². The molecule has 0 saturated carbocycles. The highest BCUT2D eigenvalue weighted by Gasteiger charge is 2.30. The third-order valence-corrected chi connectivity index (χ3v) is 18.6. The molecule has 0 aliphatic carbocycles. The molecule has 588 valence electrons. The summed E-state index contributed by atoms with van der Waals surface area (Å²) in [6.07, 6.45) is 80.7. The van der Waals surface area contributed by atoms with E-state index < -0.39 is 97.5 Å². The summed E-state index contributed by atoms with van der Waals surface area (Å²) >= 11 is 0. The molecule has 0 spiro atoms. The van der Waals surface area contributed by atoms with E-state index in [2.05, 4.69) is 125 Å². The average molecular weight is 1480 g/mol. The second-order valence-electron chi connectivity index (χ2n) is 26.6. The Hall–Kier alpha value is -4.28. The molecule has 0 bridgehead atoms. The predicted molar refractivity (Wildman–Crippen MR) is 418 cm³/mol. The van der Waals surface area contributed by atoms with Crippen LogP contribution in [-0.4, -0.2) is 96.7 Å². The van der Waals surface area contributed by atoms with Crippen LogP contribution in [0, 0.1) is 0 Å². The normalized spacial score (nSPS) is 14.5. The maximum Gasteiger partial charge on any atom is 0.472 e. The fraction of sp³-hybridized carbons (Fsp3) is 0.735. The number of rotatable bonds is 75. The molecule has 0 aromatic carbocycles. The summed E-state index contributed by atoms with van der Waals surface area (Å²) in [5, 5.41) is 10.6. The van der Waals surface area contributed by atoms with Crippen LogP contribution in [0.15, 0.2) is 109 Å². The van der Waals surface area contributed by atoms with Crippen molar-refractivity contribution in [2.24, 2.45) is 0 Å². The molecule has 0 saturated heterocycles. The number of ether oxygens (including phenoxy) is 4. The number of hydrogen-bond donors (Lipinski definition) is 3. The van der Waals surface area contributed by atoms with Gasteiger partial charge in [-0.25, -0.2) is 9.13 Å². The highest BCUT2D eigenvalue weighted by Crippen LogP contribution is 2.45. The van der Waals surface area contributed by atoms with Crippen LogP contribution in [0.4, 0.5) is 0 Å². The molecule has 0 aliphatic heterocycles. The van der Waals surface area contributed by atoms with Crippen LogP contribution < -0.4 is 0 Å². The van der Waals surface area contributed by atoms with E-state index in [1.54, 1.807) is 0 Å². The Kier molecular flexibility index (Phi) is 71.8. The maximum absolute atomic E-state index is 13.1. The number of aliphatic hydroxyl groups excluding tert-OH is 1. The number of carbonyl (C=O) groups excluding carboxylic acids is 4. The zero-order valence-electron chi connectivity index (χ0n) is 64.3. The van der Waals surface area contributed by atoms with Gasteiger partial charge < -0.3 is 33.8 Å². The van der Waals surface area contributed by atoms with Gasteiger partial charge in [-0.15, -0.1) is 0 Å². The lowest BCUT2D eigenvalue weighted by molar-refractivity contribution is -0.161. The summed E-state index contributed by atoms with van der Waals surface area (Å²) in [6.45, 7) is 4.71. The second-order valence-corrected chi connectivity index (χ2v) is 29.5. The van der Waals surface area contributed by atoms with E-state index in [9.17, 15) is 43.2 Å². The molecule has 0 rings (SSSR count). The molecular formula is C83H144O17P2. The quantitative estimate of drug-likeness (QED) is 0.0169. The molecule has 102 heavy (non-hydrogen) atoms. The predicted octanol–water partition coefficient (Wildman–Crippen LogP) is 23.3. The van der Waals surface area contributed by atoms with Gasteiger partial charge in [0.25, 0.3) is 0 Å². The number of allylic oxidation sites excluding steroid dienone is 18. The average Bonchev–Trinajstić information content (AvgIpc) is 0.926. The van der Waals surface area contributed by atoms with Crippen molar-refractivity contribution in [3.8, 4) is 0 Å². The van der Waals surface area contributed by atoms with E-state index in [-0.39, 0.29) is 25.7 Å². The molecular weight excluding hydrogens is 1330 g/mol. The van der Waals surface area contributed by atoms with E-state index in [1.165, 1.54) is 96.3 Å². The van der Waals surface area contributed by atoms with Gasteiger partial charge >= 0.3 is 39.5 Å². The molecule has 5 unspecified atom stereocenters. The number of phosphoric ester groups is 2. The van der Waals surface area contributed by atoms with Crippen molar-refractivity contribution >= 4 is 39.5 Å². The first kappa shape index (κ1) is 97.7. The first-order valence-electron chi connectivity index (χ1n) is 40.1. The van der Waals surface area contributed by atoms with Crippen molar-refractivity contribution in [3.63, 3.8) is 0 Å².